The van der Waals surface area contributed by atoms with E-state index in [0.29, 0.717) is 23.5 Å². The van der Waals surface area contributed by atoms with Gasteiger partial charge in [0.25, 0.3) is 0 Å². The van der Waals surface area contributed by atoms with Crippen molar-refractivity contribution in [1.29, 1.82) is 10.5 Å². The maximum Gasteiger partial charge on any atom is 0.121 e. The number of hydrogen-bond acceptors (Lipinski definition) is 4. The molecule has 1 N–H and O–H groups in total. The van der Waals surface area contributed by atoms with Crippen molar-refractivity contribution < 1.29 is 9.84 Å². The Morgan fingerprint density at radius 3 is 2.30 bits per heavy atom. The molecule has 0 aliphatic heterocycles. The summed E-state index contributed by atoms with van der Waals surface area (Å²) in [6, 6.07) is 16.1. The summed E-state index contributed by atoms with van der Waals surface area (Å²) in [5.74, 6) is 0.522. The van der Waals surface area contributed by atoms with E-state index < -0.39 is 0 Å². The van der Waals surface area contributed by atoms with Crippen molar-refractivity contribution in [3.05, 3.63) is 64.7 Å². The van der Waals surface area contributed by atoms with E-state index in [1.54, 1.807) is 18.2 Å². The van der Waals surface area contributed by atoms with Crippen molar-refractivity contribution in [3.63, 3.8) is 0 Å². The number of nitriles is 2. The molecule has 0 amide bonds. The minimum Gasteiger partial charge on any atom is -0.489 e. The van der Waals surface area contributed by atoms with Crippen LogP contribution in [0.15, 0.2) is 42.5 Å². The van der Waals surface area contributed by atoms with Gasteiger partial charge >= 0.3 is 0 Å². The van der Waals surface area contributed by atoms with Crippen LogP contribution in [-0.4, -0.2) is 5.11 Å². The Hall–Kier alpha value is -2.82. The van der Waals surface area contributed by atoms with Gasteiger partial charge in [0, 0.05) is 0 Å². The SMILES string of the molecule is N#Cc1ccc(OCc2ccccc2CO)cc1C#N. The van der Waals surface area contributed by atoms with E-state index in [1.165, 1.54) is 0 Å². The fourth-order valence-electron chi connectivity index (χ4n) is 1.82. The molecular weight excluding hydrogens is 252 g/mol. The van der Waals surface area contributed by atoms with E-state index in [2.05, 4.69) is 0 Å². The molecule has 0 aromatic heterocycles. The highest BCUT2D eigenvalue weighted by molar-refractivity contribution is 5.49. The highest BCUT2D eigenvalue weighted by atomic mass is 16.5. The fraction of sp³-hybridized carbons (Fsp3) is 0.125. The monoisotopic (exact) mass is 264 g/mol. The molecule has 0 spiro atoms. The van der Waals surface area contributed by atoms with Crippen molar-refractivity contribution in [3.8, 4) is 17.9 Å². The Kier molecular flexibility index (Phi) is 4.34. The molecule has 0 unspecified atom stereocenters. The lowest BCUT2D eigenvalue weighted by atomic mass is 10.1. The van der Waals surface area contributed by atoms with Gasteiger partial charge in [-0.05, 0) is 29.3 Å². The Bertz CT molecular complexity index is 696. The first kappa shape index (κ1) is 13.6. The maximum atomic E-state index is 9.23. The van der Waals surface area contributed by atoms with Crippen LogP contribution in [0.3, 0.4) is 0 Å². The Morgan fingerprint density at radius 2 is 1.65 bits per heavy atom. The lowest BCUT2D eigenvalue weighted by Gasteiger charge is -2.10. The molecule has 2 aromatic carbocycles. The smallest absolute Gasteiger partial charge is 0.121 e. The number of ether oxygens (including phenoxy) is 1. The third kappa shape index (κ3) is 2.95. The largest absolute Gasteiger partial charge is 0.489 e. The zero-order valence-corrected chi connectivity index (χ0v) is 10.7. The summed E-state index contributed by atoms with van der Waals surface area (Å²) in [5, 5.41) is 27.0. The third-order valence-electron chi connectivity index (χ3n) is 2.92. The second-order valence-electron chi connectivity index (χ2n) is 4.15. The molecule has 0 aliphatic carbocycles. The van der Waals surface area contributed by atoms with Gasteiger partial charge in [-0.2, -0.15) is 10.5 Å². The molecule has 4 nitrogen and oxygen atoms in total. The summed E-state index contributed by atoms with van der Waals surface area (Å²) in [6.07, 6.45) is 0. The van der Waals surface area contributed by atoms with Crippen LogP contribution in [0.1, 0.15) is 22.3 Å². The number of aliphatic hydroxyl groups is 1. The summed E-state index contributed by atoms with van der Waals surface area (Å²) in [7, 11) is 0. The van der Waals surface area contributed by atoms with Gasteiger partial charge in [0.15, 0.2) is 0 Å². The number of nitrogens with zero attached hydrogens (tertiary/aromatic N) is 2. The molecule has 0 fully saturated rings. The molecule has 2 aromatic rings. The summed E-state index contributed by atoms with van der Waals surface area (Å²) in [4.78, 5) is 0. The van der Waals surface area contributed by atoms with Gasteiger partial charge in [0.2, 0.25) is 0 Å². The molecular formula is C16H12N2O2. The minimum absolute atomic E-state index is 0.0453. The maximum absolute atomic E-state index is 9.23. The first-order valence-corrected chi connectivity index (χ1v) is 6.03. The topological polar surface area (TPSA) is 77.0 Å². The molecule has 4 heteroatoms. The standard InChI is InChI=1S/C16H12N2O2/c17-8-12-5-6-16(7-15(12)9-18)20-11-14-4-2-1-3-13(14)10-19/h1-7,19H,10-11H2. The molecule has 0 heterocycles. The first-order valence-electron chi connectivity index (χ1n) is 6.03. The van der Waals surface area contributed by atoms with Crippen LogP contribution < -0.4 is 4.74 Å². The first-order chi connectivity index (χ1) is 9.78. The van der Waals surface area contributed by atoms with Crippen LogP contribution in [0.25, 0.3) is 0 Å². The van der Waals surface area contributed by atoms with Gasteiger partial charge < -0.3 is 9.84 Å². The molecule has 0 saturated heterocycles. The minimum atomic E-state index is -0.0453. The molecule has 0 bridgehead atoms. The number of aliphatic hydroxyl groups excluding tert-OH is 1. The van der Waals surface area contributed by atoms with E-state index in [-0.39, 0.29) is 6.61 Å². The van der Waals surface area contributed by atoms with Gasteiger partial charge in [-0.15, -0.1) is 0 Å². The molecule has 0 atom stereocenters. The van der Waals surface area contributed by atoms with E-state index >= 15 is 0 Å². The van der Waals surface area contributed by atoms with Crippen molar-refractivity contribution >= 4 is 0 Å². The van der Waals surface area contributed by atoms with Crippen molar-refractivity contribution in [1.82, 2.24) is 0 Å². The lowest BCUT2D eigenvalue weighted by Crippen LogP contribution is -2.00. The van der Waals surface area contributed by atoms with Crippen molar-refractivity contribution in [2.75, 3.05) is 0 Å². The molecule has 98 valence electrons. The van der Waals surface area contributed by atoms with Gasteiger partial charge in [0.1, 0.15) is 24.5 Å². The van der Waals surface area contributed by atoms with Crippen LogP contribution in [0.2, 0.25) is 0 Å². The summed E-state index contributed by atoms with van der Waals surface area (Å²) in [6.45, 7) is 0.254. The van der Waals surface area contributed by atoms with Crippen molar-refractivity contribution in [2.24, 2.45) is 0 Å². The molecule has 20 heavy (non-hydrogen) atoms. The Morgan fingerprint density at radius 1 is 0.950 bits per heavy atom. The Balaban J connectivity index is 2.16. The van der Waals surface area contributed by atoms with Gasteiger partial charge in [-0.25, -0.2) is 0 Å². The second-order valence-corrected chi connectivity index (χ2v) is 4.15. The summed E-state index contributed by atoms with van der Waals surface area (Å²) < 4.78 is 5.60. The predicted molar refractivity (Wildman–Crippen MR) is 72.6 cm³/mol. The second kappa shape index (κ2) is 6.38. The fourth-order valence-corrected chi connectivity index (χ4v) is 1.82. The molecule has 0 radical (unpaired) electrons. The molecule has 2 rings (SSSR count). The lowest BCUT2D eigenvalue weighted by molar-refractivity contribution is 0.269. The predicted octanol–water partition coefficient (Wildman–Crippen LogP) is 2.50. The van der Waals surface area contributed by atoms with Gasteiger partial charge in [-0.3, -0.25) is 0 Å². The molecule has 0 saturated carbocycles. The van der Waals surface area contributed by atoms with E-state index in [1.807, 2.05) is 36.4 Å². The van der Waals surface area contributed by atoms with Crippen LogP contribution in [0.5, 0.6) is 5.75 Å². The average molecular weight is 264 g/mol. The van der Waals surface area contributed by atoms with Crippen LogP contribution >= 0.6 is 0 Å². The van der Waals surface area contributed by atoms with E-state index in [9.17, 15) is 5.11 Å². The zero-order valence-electron chi connectivity index (χ0n) is 10.7. The Labute approximate surface area is 117 Å². The third-order valence-corrected chi connectivity index (χ3v) is 2.92. The van der Waals surface area contributed by atoms with Crippen LogP contribution in [0.4, 0.5) is 0 Å². The number of rotatable bonds is 4. The zero-order chi connectivity index (χ0) is 14.4. The normalized spacial score (nSPS) is 9.55. The van der Waals surface area contributed by atoms with Gasteiger partial charge in [-0.1, -0.05) is 24.3 Å². The highest BCUT2D eigenvalue weighted by Gasteiger charge is 2.05. The van der Waals surface area contributed by atoms with E-state index in [4.69, 9.17) is 15.3 Å². The highest BCUT2D eigenvalue weighted by Crippen LogP contribution is 2.19. The number of benzene rings is 2. The van der Waals surface area contributed by atoms with E-state index in [0.717, 1.165) is 11.1 Å². The van der Waals surface area contributed by atoms with Crippen LogP contribution in [0, 0.1) is 22.7 Å². The summed E-state index contributed by atoms with van der Waals surface area (Å²) >= 11 is 0. The quantitative estimate of drug-likeness (QED) is 0.920. The van der Waals surface area contributed by atoms with Crippen LogP contribution in [-0.2, 0) is 13.2 Å². The summed E-state index contributed by atoms with van der Waals surface area (Å²) in [5.41, 5.74) is 2.32. The average Bonchev–Trinajstić information content (AvgIpc) is 2.52. The van der Waals surface area contributed by atoms with Gasteiger partial charge in [0.05, 0.1) is 17.7 Å². The van der Waals surface area contributed by atoms with Crippen molar-refractivity contribution in [2.45, 2.75) is 13.2 Å². The molecule has 0 aliphatic rings. The number of hydrogen-bond donors (Lipinski definition) is 1.